The number of rotatable bonds is 4. The van der Waals surface area contributed by atoms with Crippen LogP contribution >= 0.6 is 0 Å². The molecule has 0 bridgehead atoms. The first-order chi connectivity index (χ1) is 14.5. The van der Waals surface area contributed by atoms with Gasteiger partial charge in [-0.25, -0.2) is 0 Å². The Hall–Kier alpha value is -3.88. The number of benzene rings is 1. The number of nitro benzene ring substituents is 1. The van der Waals surface area contributed by atoms with Gasteiger partial charge in [0, 0.05) is 49.6 Å². The van der Waals surface area contributed by atoms with Crippen molar-refractivity contribution in [3.63, 3.8) is 0 Å². The maximum atomic E-state index is 12.8. The minimum Gasteiger partial charge on any atom is -0.352 e. The van der Waals surface area contributed by atoms with Crippen LogP contribution in [-0.2, 0) is 0 Å². The van der Waals surface area contributed by atoms with E-state index in [0.717, 1.165) is 11.5 Å². The van der Waals surface area contributed by atoms with E-state index in [0.29, 0.717) is 43.0 Å². The Labute approximate surface area is 173 Å². The minimum atomic E-state index is -0.461. The molecule has 30 heavy (non-hydrogen) atoms. The first kappa shape index (κ1) is 19.4. The number of aromatic nitrogens is 3. The number of hydrogen-bond donors (Lipinski definition) is 0. The quantitative estimate of drug-likeness (QED) is 0.486. The van der Waals surface area contributed by atoms with E-state index in [1.54, 1.807) is 30.2 Å². The van der Waals surface area contributed by atoms with Gasteiger partial charge in [0.1, 0.15) is 5.69 Å². The molecule has 3 aromatic rings. The Bertz CT molecular complexity index is 1060. The fourth-order valence-electron chi connectivity index (χ4n) is 3.41. The van der Waals surface area contributed by atoms with Gasteiger partial charge in [-0.2, -0.15) is 0 Å². The number of carbonyl (C=O) groups is 1. The van der Waals surface area contributed by atoms with Crippen LogP contribution in [0.1, 0.15) is 15.9 Å². The molecule has 1 fully saturated rings. The molecule has 2 aromatic heterocycles. The van der Waals surface area contributed by atoms with Gasteiger partial charge in [-0.1, -0.05) is 12.1 Å². The minimum absolute atomic E-state index is 0.0391. The van der Waals surface area contributed by atoms with Crippen molar-refractivity contribution in [1.82, 2.24) is 20.1 Å². The van der Waals surface area contributed by atoms with E-state index in [-0.39, 0.29) is 11.6 Å². The van der Waals surface area contributed by atoms with Crippen molar-refractivity contribution in [2.75, 3.05) is 31.1 Å². The van der Waals surface area contributed by atoms with E-state index in [1.165, 1.54) is 6.07 Å². The summed E-state index contributed by atoms with van der Waals surface area (Å²) in [5, 5.41) is 19.7. The third-order valence-electron chi connectivity index (χ3n) is 5.12. The molecule has 0 saturated carbocycles. The van der Waals surface area contributed by atoms with Gasteiger partial charge >= 0.3 is 0 Å². The van der Waals surface area contributed by atoms with E-state index in [2.05, 4.69) is 20.1 Å². The van der Waals surface area contributed by atoms with Crippen LogP contribution in [0, 0.1) is 17.0 Å². The zero-order chi connectivity index (χ0) is 21.1. The molecule has 0 atom stereocenters. The van der Waals surface area contributed by atoms with E-state index < -0.39 is 4.92 Å². The highest BCUT2D eigenvalue weighted by Gasteiger charge is 2.24. The molecule has 152 valence electrons. The predicted octanol–water partition coefficient (Wildman–Crippen LogP) is 2.72. The molecule has 0 spiro atoms. The molecular weight excluding hydrogens is 384 g/mol. The van der Waals surface area contributed by atoms with Gasteiger partial charge in [-0.3, -0.25) is 19.9 Å². The Morgan fingerprint density at radius 1 is 1.00 bits per heavy atom. The van der Waals surface area contributed by atoms with Crippen molar-refractivity contribution in [3.05, 3.63) is 76.0 Å². The van der Waals surface area contributed by atoms with Gasteiger partial charge in [-0.05, 0) is 37.3 Å². The van der Waals surface area contributed by atoms with Gasteiger partial charge < -0.3 is 9.80 Å². The van der Waals surface area contributed by atoms with Crippen LogP contribution in [0.3, 0.4) is 0 Å². The maximum absolute atomic E-state index is 12.8. The lowest BCUT2D eigenvalue weighted by Gasteiger charge is -2.35. The topological polar surface area (TPSA) is 105 Å². The number of amides is 1. The van der Waals surface area contributed by atoms with Gasteiger partial charge in [0.2, 0.25) is 0 Å². The van der Waals surface area contributed by atoms with Crippen LogP contribution in [0.2, 0.25) is 0 Å². The zero-order valence-electron chi connectivity index (χ0n) is 16.4. The molecule has 1 saturated heterocycles. The zero-order valence-corrected chi connectivity index (χ0v) is 16.4. The molecule has 0 radical (unpaired) electrons. The maximum Gasteiger partial charge on any atom is 0.273 e. The van der Waals surface area contributed by atoms with Crippen molar-refractivity contribution < 1.29 is 9.72 Å². The lowest BCUT2D eigenvalue weighted by Crippen LogP contribution is -2.49. The number of anilines is 1. The molecule has 0 aliphatic carbocycles. The van der Waals surface area contributed by atoms with Crippen LogP contribution in [-0.4, -0.2) is 57.1 Å². The monoisotopic (exact) mass is 404 g/mol. The van der Waals surface area contributed by atoms with Crippen molar-refractivity contribution >= 4 is 17.4 Å². The summed E-state index contributed by atoms with van der Waals surface area (Å²) in [7, 11) is 0. The number of aryl methyl sites for hydroxylation is 1. The third-order valence-corrected chi connectivity index (χ3v) is 5.12. The summed E-state index contributed by atoms with van der Waals surface area (Å²) < 4.78 is 0. The Morgan fingerprint density at radius 3 is 2.43 bits per heavy atom. The molecule has 1 aromatic carbocycles. The van der Waals surface area contributed by atoms with E-state index in [9.17, 15) is 14.9 Å². The van der Waals surface area contributed by atoms with E-state index in [1.807, 2.05) is 30.3 Å². The molecular formula is C21H20N6O3. The molecule has 1 aliphatic heterocycles. The summed E-state index contributed by atoms with van der Waals surface area (Å²) >= 11 is 0. The van der Waals surface area contributed by atoms with E-state index >= 15 is 0 Å². The Morgan fingerprint density at radius 2 is 1.80 bits per heavy atom. The fourth-order valence-corrected chi connectivity index (χ4v) is 3.41. The molecule has 1 aliphatic rings. The summed E-state index contributed by atoms with van der Waals surface area (Å²) in [4.78, 5) is 31.5. The van der Waals surface area contributed by atoms with Crippen LogP contribution in [0.4, 0.5) is 11.5 Å². The highest BCUT2D eigenvalue weighted by atomic mass is 16.6. The number of carbonyl (C=O) groups excluding carboxylic acids is 1. The Balaban J connectivity index is 1.41. The largest absolute Gasteiger partial charge is 0.352 e. The molecule has 1 amide bonds. The summed E-state index contributed by atoms with van der Waals surface area (Å²) in [6, 6.07) is 14.0. The molecule has 4 rings (SSSR count). The lowest BCUT2D eigenvalue weighted by molar-refractivity contribution is -0.385. The lowest BCUT2D eigenvalue weighted by atomic mass is 10.1. The predicted molar refractivity (Wildman–Crippen MR) is 111 cm³/mol. The highest BCUT2D eigenvalue weighted by molar-refractivity contribution is 5.95. The number of piperazine rings is 1. The summed E-state index contributed by atoms with van der Waals surface area (Å²) in [6.45, 7) is 3.88. The summed E-state index contributed by atoms with van der Waals surface area (Å²) in [6.07, 6.45) is 1.71. The fraction of sp³-hybridized carbons (Fsp3) is 0.238. The smallest absolute Gasteiger partial charge is 0.273 e. The number of pyridine rings is 1. The average molecular weight is 404 g/mol. The first-order valence-corrected chi connectivity index (χ1v) is 9.57. The molecule has 9 heteroatoms. The van der Waals surface area contributed by atoms with Crippen LogP contribution in [0.25, 0.3) is 11.4 Å². The Kier molecular flexibility index (Phi) is 5.34. The van der Waals surface area contributed by atoms with Crippen LogP contribution in [0.5, 0.6) is 0 Å². The number of nitrogens with zero attached hydrogens (tertiary/aromatic N) is 6. The van der Waals surface area contributed by atoms with Gasteiger partial charge in [0.15, 0.2) is 5.82 Å². The second kappa shape index (κ2) is 8.24. The van der Waals surface area contributed by atoms with Gasteiger partial charge in [0.25, 0.3) is 11.6 Å². The first-order valence-electron chi connectivity index (χ1n) is 9.57. The standard InChI is InChI=1S/C21H20N6O3/c1-15-5-6-16(14-19(15)27(29)30)21(28)26-12-10-25(11-13-26)20-8-7-18(23-24-20)17-4-2-3-9-22-17/h2-9,14H,10-13H2,1H3. The van der Waals surface area contributed by atoms with E-state index in [4.69, 9.17) is 0 Å². The highest BCUT2D eigenvalue weighted by Crippen LogP contribution is 2.22. The second-order valence-corrected chi connectivity index (χ2v) is 7.03. The molecule has 0 unspecified atom stereocenters. The summed E-state index contributed by atoms with van der Waals surface area (Å²) in [5.41, 5.74) is 2.30. The van der Waals surface area contributed by atoms with Crippen molar-refractivity contribution in [1.29, 1.82) is 0 Å². The van der Waals surface area contributed by atoms with Gasteiger partial charge in [-0.15, -0.1) is 10.2 Å². The number of hydrogen-bond acceptors (Lipinski definition) is 7. The van der Waals surface area contributed by atoms with Crippen molar-refractivity contribution in [3.8, 4) is 11.4 Å². The van der Waals surface area contributed by atoms with Gasteiger partial charge in [0.05, 0.1) is 10.6 Å². The van der Waals surface area contributed by atoms with Crippen molar-refractivity contribution in [2.24, 2.45) is 0 Å². The third kappa shape index (κ3) is 3.95. The molecule has 3 heterocycles. The normalized spacial score (nSPS) is 13.9. The molecule has 0 N–H and O–H groups in total. The van der Waals surface area contributed by atoms with Crippen LogP contribution in [0.15, 0.2) is 54.7 Å². The number of nitro groups is 1. The average Bonchev–Trinajstić information content (AvgIpc) is 2.79. The molecule has 9 nitrogen and oxygen atoms in total. The van der Waals surface area contributed by atoms with Crippen LogP contribution < -0.4 is 4.90 Å². The van der Waals surface area contributed by atoms with Crippen molar-refractivity contribution in [2.45, 2.75) is 6.92 Å². The summed E-state index contributed by atoms with van der Waals surface area (Å²) in [5.74, 6) is 0.544. The SMILES string of the molecule is Cc1ccc(C(=O)N2CCN(c3ccc(-c4ccccn4)nn3)CC2)cc1[N+](=O)[O-]. The second-order valence-electron chi connectivity index (χ2n) is 7.03.